The van der Waals surface area contributed by atoms with Crippen molar-refractivity contribution in [1.82, 2.24) is 25.1 Å². The van der Waals surface area contributed by atoms with Gasteiger partial charge in [-0.05, 0) is 18.9 Å². The van der Waals surface area contributed by atoms with Crippen LogP contribution in [-0.2, 0) is 22.8 Å². The fourth-order valence-electron chi connectivity index (χ4n) is 3.40. The first-order valence-corrected chi connectivity index (χ1v) is 9.90. The molecule has 162 valence electrons. The Bertz CT molecular complexity index is 892. The molecule has 0 aromatic carbocycles. The van der Waals surface area contributed by atoms with Crippen molar-refractivity contribution in [3.05, 3.63) is 29.7 Å². The van der Waals surface area contributed by atoms with E-state index in [2.05, 4.69) is 25.7 Å². The van der Waals surface area contributed by atoms with Gasteiger partial charge in [0.2, 0.25) is 11.8 Å². The van der Waals surface area contributed by atoms with Crippen LogP contribution in [0.3, 0.4) is 0 Å². The summed E-state index contributed by atoms with van der Waals surface area (Å²) >= 11 is 0. The monoisotopic (exact) mass is 424 g/mol. The molecule has 4 rings (SSSR count). The van der Waals surface area contributed by atoms with E-state index in [0.717, 1.165) is 0 Å². The first-order chi connectivity index (χ1) is 14.4. The number of amides is 1. The van der Waals surface area contributed by atoms with Gasteiger partial charge in [-0.15, -0.1) is 0 Å². The van der Waals surface area contributed by atoms with Gasteiger partial charge in [0.1, 0.15) is 12.5 Å². The molecule has 0 radical (unpaired) electrons. The van der Waals surface area contributed by atoms with Crippen LogP contribution in [0.25, 0.3) is 5.95 Å². The highest BCUT2D eigenvalue weighted by Gasteiger charge is 2.35. The molecule has 0 unspecified atom stereocenters. The highest BCUT2D eigenvalue weighted by atomic mass is 19.3. The summed E-state index contributed by atoms with van der Waals surface area (Å²) in [6.07, 6.45) is 1.85. The number of rotatable bonds is 7. The molecule has 0 spiro atoms. The van der Waals surface area contributed by atoms with Crippen molar-refractivity contribution in [1.29, 1.82) is 0 Å². The number of aromatic nitrogens is 4. The third-order valence-electron chi connectivity index (χ3n) is 5.28. The summed E-state index contributed by atoms with van der Waals surface area (Å²) in [5.41, 5.74) is 0.765. The lowest BCUT2D eigenvalue weighted by Gasteiger charge is -2.29. The summed E-state index contributed by atoms with van der Waals surface area (Å²) in [7, 11) is 0. The quantitative estimate of drug-likeness (QED) is 0.709. The molecule has 1 saturated heterocycles. The van der Waals surface area contributed by atoms with E-state index >= 15 is 0 Å². The molecule has 2 aromatic rings. The number of anilines is 1. The van der Waals surface area contributed by atoms with Crippen LogP contribution in [-0.4, -0.2) is 50.8 Å². The maximum Gasteiger partial charge on any atom is 0.252 e. The van der Waals surface area contributed by atoms with Crippen LogP contribution in [0.1, 0.15) is 37.1 Å². The molecule has 1 saturated carbocycles. The molecule has 2 N–H and O–H groups in total. The summed E-state index contributed by atoms with van der Waals surface area (Å²) < 4.78 is 46.1. The third-order valence-corrected chi connectivity index (χ3v) is 5.28. The van der Waals surface area contributed by atoms with E-state index in [0.29, 0.717) is 37.6 Å². The van der Waals surface area contributed by atoms with E-state index in [9.17, 15) is 18.0 Å². The number of ether oxygens (including phenoxy) is 1. The van der Waals surface area contributed by atoms with Gasteiger partial charge in [-0.25, -0.2) is 22.8 Å². The van der Waals surface area contributed by atoms with Gasteiger partial charge in [0.25, 0.3) is 5.95 Å². The van der Waals surface area contributed by atoms with Crippen molar-refractivity contribution >= 4 is 11.7 Å². The zero-order valence-electron chi connectivity index (χ0n) is 16.3. The van der Waals surface area contributed by atoms with E-state index in [1.165, 1.54) is 10.7 Å². The first kappa shape index (κ1) is 20.6. The van der Waals surface area contributed by atoms with E-state index in [4.69, 9.17) is 4.74 Å². The molecule has 2 fully saturated rings. The average Bonchev–Trinajstić information content (AvgIpc) is 3.16. The molecule has 0 bridgehead atoms. The Balaban J connectivity index is 1.51. The third kappa shape index (κ3) is 4.89. The lowest BCUT2D eigenvalue weighted by Crippen LogP contribution is -2.42. The van der Waals surface area contributed by atoms with Crippen molar-refractivity contribution < 1.29 is 22.7 Å². The van der Waals surface area contributed by atoms with Gasteiger partial charge in [0.05, 0.1) is 37.1 Å². The molecular weight excluding hydrogens is 401 g/mol. The lowest BCUT2D eigenvalue weighted by molar-refractivity contribution is -0.139. The molecule has 11 heteroatoms. The van der Waals surface area contributed by atoms with Gasteiger partial charge < -0.3 is 15.4 Å². The Hall–Kier alpha value is -2.69. The van der Waals surface area contributed by atoms with Crippen molar-refractivity contribution in [2.75, 3.05) is 18.5 Å². The Morgan fingerprint density at radius 1 is 1.23 bits per heavy atom. The topological polar surface area (TPSA) is 94.0 Å². The molecule has 1 aliphatic heterocycles. The zero-order chi connectivity index (χ0) is 21.1. The Labute approximate surface area is 171 Å². The van der Waals surface area contributed by atoms with Gasteiger partial charge in [-0.3, -0.25) is 4.79 Å². The maximum absolute atomic E-state index is 13.4. The second-order valence-electron chi connectivity index (χ2n) is 7.66. The highest BCUT2D eigenvalue weighted by Crippen LogP contribution is 2.34. The largest absolute Gasteiger partial charge is 0.380 e. The molecule has 1 amide bonds. The second kappa shape index (κ2) is 8.58. The summed E-state index contributed by atoms with van der Waals surface area (Å²) in [4.78, 5) is 20.9. The smallest absolute Gasteiger partial charge is 0.252 e. The van der Waals surface area contributed by atoms with Crippen LogP contribution >= 0.6 is 0 Å². The van der Waals surface area contributed by atoms with E-state index in [-0.39, 0.29) is 48.9 Å². The van der Waals surface area contributed by atoms with Crippen LogP contribution in [0.2, 0.25) is 0 Å². The summed E-state index contributed by atoms with van der Waals surface area (Å²) in [5, 5.41) is 10.1. The molecule has 3 heterocycles. The Morgan fingerprint density at radius 2 is 2.00 bits per heavy atom. The van der Waals surface area contributed by atoms with Crippen LogP contribution in [0, 0.1) is 5.92 Å². The molecule has 2 aliphatic rings. The van der Waals surface area contributed by atoms with E-state index < -0.39 is 12.6 Å². The summed E-state index contributed by atoms with van der Waals surface area (Å²) in [6.45, 7) is 0.256. The number of halogens is 3. The second-order valence-corrected chi connectivity index (χ2v) is 7.66. The summed E-state index contributed by atoms with van der Waals surface area (Å²) in [6, 6.07) is 3.05. The maximum atomic E-state index is 13.4. The molecule has 1 aliphatic carbocycles. The number of hydrogen-bond donors (Lipinski definition) is 2. The minimum Gasteiger partial charge on any atom is -0.380 e. The molecule has 0 atom stereocenters. The Morgan fingerprint density at radius 3 is 2.63 bits per heavy atom. The predicted molar refractivity (Wildman–Crippen MR) is 101 cm³/mol. The molecule has 8 nitrogen and oxygen atoms in total. The van der Waals surface area contributed by atoms with Gasteiger partial charge in [-0.2, -0.15) is 10.1 Å². The SMILES string of the molecule is O=C(NCc1cc(NC2CCC(F)(F)CC2)nc(-n2ccc(CF)n2)n1)C1COC1. The van der Waals surface area contributed by atoms with Gasteiger partial charge >= 0.3 is 0 Å². The van der Waals surface area contributed by atoms with E-state index in [1.54, 1.807) is 12.3 Å². The van der Waals surface area contributed by atoms with Crippen molar-refractivity contribution in [2.24, 2.45) is 5.92 Å². The van der Waals surface area contributed by atoms with Crippen molar-refractivity contribution in [2.45, 2.75) is 50.9 Å². The molecular formula is C19H23F3N6O2. The fraction of sp³-hybridized carbons (Fsp3) is 0.579. The summed E-state index contributed by atoms with van der Waals surface area (Å²) in [5.74, 6) is -2.25. The van der Waals surface area contributed by atoms with Crippen LogP contribution in [0.15, 0.2) is 18.3 Å². The van der Waals surface area contributed by atoms with Gasteiger partial charge in [0.15, 0.2) is 0 Å². The van der Waals surface area contributed by atoms with Crippen LogP contribution in [0.5, 0.6) is 0 Å². The minimum absolute atomic E-state index is 0.121. The number of carbonyl (C=O) groups excluding carboxylic acids is 1. The van der Waals surface area contributed by atoms with Crippen molar-refractivity contribution in [3.63, 3.8) is 0 Å². The number of carbonyl (C=O) groups is 1. The Kier molecular flexibility index (Phi) is 5.89. The molecule has 30 heavy (non-hydrogen) atoms. The number of alkyl halides is 3. The minimum atomic E-state index is -2.62. The standard InChI is InChI=1S/C19H23F3N6O2/c20-8-14-3-6-28(27-14)18-25-15(9-23-17(29)12-10-30-11-12)7-16(26-18)24-13-1-4-19(21,22)5-2-13/h3,6-7,12-13H,1-2,4-5,8-11H2,(H,23,29)(H,24,25,26). The number of nitrogens with zero attached hydrogens (tertiary/aromatic N) is 4. The normalized spacial score (nSPS) is 19.3. The predicted octanol–water partition coefficient (Wildman–Crippen LogP) is 2.38. The highest BCUT2D eigenvalue weighted by molar-refractivity contribution is 5.79. The number of hydrogen-bond acceptors (Lipinski definition) is 6. The van der Waals surface area contributed by atoms with Gasteiger partial charge in [-0.1, -0.05) is 0 Å². The van der Waals surface area contributed by atoms with Crippen LogP contribution in [0.4, 0.5) is 19.0 Å². The average molecular weight is 424 g/mol. The fourth-order valence-corrected chi connectivity index (χ4v) is 3.40. The van der Waals surface area contributed by atoms with E-state index in [1.807, 2.05) is 0 Å². The first-order valence-electron chi connectivity index (χ1n) is 9.90. The van der Waals surface area contributed by atoms with Crippen molar-refractivity contribution in [3.8, 4) is 5.95 Å². The lowest BCUT2D eigenvalue weighted by atomic mass is 9.92. The number of nitrogens with one attached hydrogen (secondary N) is 2. The molecule has 2 aromatic heterocycles. The van der Waals surface area contributed by atoms with Gasteiger partial charge in [0, 0.05) is 31.1 Å². The zero-order valence-corrected chi connectivity index (χ0v) is 16.3. The van der Waals surface area contributed by atoms with Crippen LogP contribution < -0.4 is 10.6 Å².